The van der Waals surface area contributed by atoms with Crippen LogP contribution in [0.4, 0.5) is 0 Å². The van der Waals surface area contributed by atoms with E-state index in [0.717, 1.165) is 30.4 Å². The maximum absolute atomic E-state index is 13.0. The Morgan fingerprint density at radius 1 is 1.00 bits per heavy atom. The van der Waals surface area contributed by atoms with Gasteiger partial charge in [-0.25, -0.2) is 0 Å². The Morgan fingerprint density at radius 3 is 2.41 bits per heavy atom. The Bertz CT molecular complexity index is 754. The van der Waals surface area contributed by atoms with Crippen LogP contribution >= 0.6 is 0 Å². The number of phenols is 1. The molecule has 2 N–H and O–H groups in total. The lowest BCUT2D eigenvalue weighted by molar-refractivity contribution is -0.118. The predicted octanol–water partition coefficient (Wildman–Crippen LogP) is 3.56. The number of carbonyl (C=O) groups is 1. The Morgan fingerprint density at radius 2 is 1.73 bits per heavy atom. The first kappa shape index (κ1) is 12.5. The van der Waals surface area contributed by atoms with Crippen molar-refractivity contribution in [2.75, 3.05) is 0 Å². The summed E-state index contributed by atoms with van der Waals surface area (Å²) in [6.45, 7) is 0. The van der Waals surface area contributed by atoms with Gasteiger partial charge >= 0.3 is 0 Å². The fourth-order valence-electron chi connectivity index (χ4n) is 4.79. The summed E-state index contributed by atoms with van der Waals surface area (Å²) < 4.78 is 0. The van der Waals surface area contributed by atoms with Gasteiger partial charge in [-0.1, -0.05) is 18.2 Å². The molecule has 22 heavy (non-hydrogen) atoms. The number of rotatable bonds is 2. The zero-order valence-corrected chi connectivity index (χ0v) is 12.2. The molecule has 3 heteroatoms. The number of hydrogen-bond acceptors (Lipinski definition) is 3. The van der Waals surface area contributed by atoms with Crippen molar-refractivity contribution in [2.24, 2.45) is 23.7 Å². The van der Waals surface area contributed by atoms with Gasteiger partial charge in [0, 0.05) is 11.8 Å². The third-order valence-corrected chi connectivity index (χ3v) is 5.90. The molecule has 4 unspecified atom stereocenters. The first-order valence-electron chi connectivity index (χ1n) is 8.14. The molecule has 0 heterocycles. The van der Waals surface area contributed by atoms with Crippen LogP contribution in [0.2, 0.25) is 0 Å². The maximum atomic E-state index is 13.0. The van der Waals surface area contributed by atoms with Crippen LogP contribution in [0.3, 0.4) is 0 Å². The number of benzene rings is 1. The minimum atomic E-state index is -0.0839. The molecule has 0 aliphatic heterocycles. The number of fused-ring (bicyclic) bond motifs is 5. The molecule has 0 aromatic heterocycles. The molecule has 0 amide bonds. The van der Waals surface area contributed by atoms with Crippen molar-refractivity contribution in [3.8, 4) is 5.75 Å². The second-order valence-electron chi connectivity index (χ2n) is 7.17. The highest BCUT2D eigenvalue weighted by Crippen LogP contribution is 2.58. The number of ketones is 1. The quantitative estimate of drug-likeness (QED) is 0.820. The Hall–Kier alpha value is -2.03. The second-order valence-corrected chi connectivity index (χ2v) is 7.17. The van der Waals surface area contributed by atoms with Crippen LogP contribution in [0.1, 0.15) is 36.3 Å². The SMILES string of the molecule is O=C1C(c2cc(O)ccc2C2CC2)=C(O)C2C3C=CC(C3)C12. The molecule has 112 valence electrons. The normalized spacial score (nSPS) is 35.5. The monoisotopic (exact) mass is 294 g/mol. The van der Waals surface area contributed by atoms with Crippen molar-refractivity contribution >= 4 is 11.4 Å². The maximum Gasteiger partial charge on any atom is 0.171 e. The summed E-state index contributed by atoms with van der Waals surface area (Å²) in [5.41, 5.74) is 2.35. The number of carbonyl (C=O) groups excluding carboxylic acids is 1. The fourth-order valence-corrected chi connectivity index (χ4v) is 4.79. The van der Waals surface area contributed by atoms with E-state index in [1.807, 2.05) is 6.07 Å². The van der Waals surface area contributed by atoms with E-state index in [1.54, 1.807) is 12.1 Å². The van der Waals surface area contributed by atoms with Crippen LogP contribution in [-0.2, 0) is 4.79 Å². The summed E-state index contributed by atoms with van der Waals surface area (Å²) in [6.07, 6.45) is 7.54. The molecular formula is C19H18O3. The average molecular weight is 294 g/mol. The van der Waals surface area contributed by atoms with Gasteiger partial charge in [0.1, 0.15) is 11.5 Å². The highest BCUT2D eigenvalue weighted by molar-refractivity contribution is 6.25. The Balaban J connectivity index is 1.67. The minimum absolute atomic E-state index is 0.0353. The smallest absolute Gasteiger partial charge is 0.171 e. The Labute approximate surface area is 129 Å². The second kappa shape index (κ2) is 4.03. The number of aromatic hydroxyl groups is 1. The van der Waals surface area contributed by atoms with E-state index in [-0.39, 0.29) is 35.0 Å². The number of allylic oxidation sites excluding steroid dienone is 4. The molecule has 0 saturated heterocycles. The van der Waals surface area contributed by atoms with Crippen LogP contribution in [0.25, 0.3) is 5.57 Å². The number of aliphatic hydroxyl groups excluding tert-OH is 1. The lowest BCUT2D eigenvalue weighted by Crippen LogP contribution is -2.22. The molecule has 0 spiro atoms. The summed E-state index contributed by atoms with van der Waals surface area (Å²) in [4.78, 5) is 13.0. The molecular weight excluding hydrogens is 276 g/mol. The summed E-state index contributed by atoms with van der Waals surface area (Å²) in [5, 5.41) is 20.6. The third kappa shape index (κ3) is 1.49. The van der Waals surface area contributed by atoms with Crippen LogP contribution in [-0.4, -0.2) is 16.0 Å². The number of phenolic OH excluding ortho intramolecular Hbond substituents is 1. The first-order valence-corrected chi connectivity index (χ1v) is 8.14. The zero-order chi connectivity index (χ0) is 15.0. The van der Waals surface area contributed by atoms with E-state index in [9.17, 15) is 15.0 Å². The molecule has 5 rings (SSSR count). The van der Waals surface area contributed by atoms with Crippen LogP contribution in [0, 0.1) is 23.7 Å². The molecule has 4 atom stereocenters. The van der Waals surface area contributed by atoms with Crippen molar-refractivity contribution in [1.29, 1.82) is 0 Å². The van der Waals surface area contributed by atoms with Gasteiger partial charge in [0.15, 0.2) is 5.78 Å². The summed E-state index contributed by atoms with van der Waals surface area (Å²) in [7, 11) is 0. The van der Waals surface area contributed by atoms with Gasteiger partial charge in [-0.3, -0.25) is 4.79 Å². The largest absolute Gasteiger partial charge is 0.511 e. The first-order chi connectivity index (χ1) is 10.6. The topological polar surface area (TPSA) is 57.5 Å². The van der Waals surface area contributed by atoms with Crippen LogP contribution in [0.5, 0.6) is 5.75 Å². The number of Topliss-reactive ketones (excluding diaryl/α,β-unsaturated/α-hetero) is 1. The summed E-state index contributed by atoms with van der Waals surface area (Å²) >= 11 is 0. The molecule has 2 fully saturated rings. The van der Waals surface area contributed by atoms with E-state index in [0.29, 0.717) is 17.4 Å². The predicted molar refractivity (Wildman–Crippen MR) is 82.4 cm³/mol. The fraction of sp³-hybridized carbons (Fsp3) is 0.421. The van der Waals surface area contributed by atoms with E-state index in [2.05, 4.69) is 12.2 Å². The van der Waals surface area contributed by atoms with E-state index >= 15 is 0 Å². The molecule has 4 aliphatic rings. The molecule has 1 aromatic carbocycles. The van der Waals surface area contributed by atoms with E-state index < -0.39 is 0 Å². The van der Waals surface area contributed by atoms with Gasteiger partial charge in [-0.2, -0.15) is 0 Å². The highest BCUT2D eigenvalue weighted by atomic mass is 16.3. The number of hydrogen-bond donors (Lipinski definition) is 2. The lowest BCUT2D eigenvalue weighted by Gasteiger charge is -2.19. The third-order valence-electron chi connectivity index (χ3n) is 5.90. The van der Waals surface area contributed by atoms with Crippen LogP contribution in [0.15, 0.2) is 36.1 Å². The van der Waals surface area contributed by atoms with E-state index in [4.69, 9.17) is 0 Å². The molecule has 0 radical (unpaired) electrons. The number of aliphatic hydroxyl groups is 1. The van der Waals surface area contributed by atoms with E-state index in [1.165, 1.54) is 0 Å². The molecule has 4 aliphatic carbocycles. The van der Waals surface area contributed by atoms with Crippen molar-refractivity contribution in [3.63, 3.8) is 0 Å². The summed E-state index contributed by atoms with van der Waals surface area (Å²) in [5.74, 6) is 1.43. The molecule has 3 nitrogen and oxygen atoms in total. The molecule has 1 aromatic rings. The Kier molecular flexibility index (Phi) is 2.29. The molecule has 2 bridgehead atoms. The highest BCUT2D eigenvalue weighted by Gasteiger charge is 2.56. The standard InChI is InChI=1S/C19H18O3/c20-12-5-6-13(9-1-2-9)14(8-12)17-18(21)15-10-3-4-11(7-10)16(15)19(17)22/h3-6,8-11,15-16,20-21H,1-2,7H2. The van der Waals surface area contributed by atoms with Gasteiger partial charge < -0.3 is 10.2 Å². The van der Waals surface area contributed by atoms with Crippen molar-refractivity contribution in [2.45, 2.75) is 25.2 Å². The van der Waals surface area contributed by atoms with Crippen molar-refractivity contribution < 1.29 is 15.0 Å². The minimum Gasteiger partial charge on any atom is -0.511 e. The van der Waals surface area contributed by atoms with Crippen LogP contribution < -0.4 is 0 Å². The van der Waals surface area contributed by atoms with Crippen molar-refractivity contribution in [1.82, 2.24) is 0 Å². The molecule has 2 saturated carbocycles. The van der Waals surface area contributed by atoms with Gasteiger partial charge in [-0.05, 0) is 60.3 Å². The average Bonchev–Trinajstić information content (AvgIpc) is 3.03. The van der Waals surface area contributed by atoms with Gasteiger partial charge in [0.05, 0.1) is 5.57 Å². The van der Waals surface area contributed by atoms with Crippen molar-refractivity contribution in [3.05, 3.63) is 47.2 Å². The lowest BCUT2D eigenvalue weighted by atomic mass is 9.84. The van der Waals surface area contributed by atoms with Gasteiger partial charge in [0.2, 0.25) is 0 Å². The summed E-state index contributed by atoms with van der Waals surface area (Å²) in [6, 6.07) is 5.25. The zero-order valence-electron chi connectivity index (χ0n) is 12.2. The van der Waals surface area contributed by atoms with Gasteiger partial charge in [0.25, 0.3) is 0 Å². The van der Waals surface area contributed by atoms with Gasteiger partial charge in [-0.15, -0.1) is 0 Å².